The summed E-state index contributed by atoms with van der Waals surface area (Å²) in [5, 5.41) is 0.533. The number of anilines is 1. The fourth-order valence-electron chi connectivity index (χ4n) is 2.35. The van der Waals surface area contributed by atoms with E-state index in [-0.39, 0.29) is 5.82 Å². The average Bonchev–Trinajstić information content (AvgIpc) is 2.51. The zero-order valence-electron chi connectivity index (χ0n) is 11.4. The SMILES string of the molecule is Fc1cnccc1CN1CCN(c2ncc(Cl)cn2)CC1. The van der Waals surface area contributed by atoms with Crippen LogP contribution in [0.4, 0.5) is 10.3 Å². The molecule has 3 rings (SSSR count). The van der Waals surface area contributed by atoms with Crippen LogP contribution in [0.2, 0.25) is 5.02 Å². The Hall–Kier alpha value is -1.79. The van der Waals surface area contributed by atoms with Gasteiger partial charge in [-0.05, 0) is 6.07 Å². The van der Waals surface area contributed by atoms with Crippen LogP contribution in [0.25, 0.3) is 0 Å². The third-order valence-corrected chi connectivity index (χ3v) is 3.71. The van der Waals surface area contributed by atoms with Gasteiger partial charge in [0.15, 0.2) is 0 Å². The first-order valence-electron chi connectivity index (χ1n) is 6.75. The molecule has 1 saturated heterocycles. The summed E-state index contributed by atoms with van der Waals surface area (Å²) in [6, 6.07) is 1.73. The van der Waals surface area contributed by atoms with Gasteiger partial charge in [0.25, 0.3) is 0 Å². The summed E-state index contributed by atoms with van der Waals surface area (Å²) < 4.78 is 13.6. The fourth-order valence-corrected chi connectivity index (χ4v) is 2.45. The number of hydrogen-bond acceptors (Lipinski definition) is 5. The molecule has 5 nitrogen and oxygen atoms in total. The summed E-state index contributed by atoms with van der Waals surface area (Å²) in [5.41, 5.74) is 0.682. The Bertz CT molecular complexity index is 599. The molecule has 0 unspecified atom stereocenters. The molecule has 0 spiro atoms. The van der Waals surface area contributed by atoms with E-state index >= 15 is 0 Å². The predicted molar refractivity (Wildman–Crippen MR) is 78.7 cm³/mol. The maximum absolute atomic E-state index is 13.6. The van der Waals surface area contributed by atoms with Gasteiger partial charge in [0.05, 0.1) is 23.6 Å². The van der Waals surface area contributed by atoms with E-state index in [0.29, 0.717) is 23.1 Å². The van der Waals surface area contributed by atoms with Gasteiger partial charge >= 0.3 is 0 Å². The van der Waals surface area contributed by atoms with E-state index in [1.165, 1.54) is 6.20 Å². The predicted octanol–water partition coefficient (Wildman–Crippen LogP) is 1.99. The highest BCUT2D eigenvalue weighted by Crippen LogP contribution is 2.15. The highest BCUT2D eigenvalue weighted by Gasteiger charge is 2.19. The normalized spacial score (nSPS) is 16.2. The number of nitrogens with zero attached hydrogens (tertiary/aromatic N) is 5. The lowest BCUT2D eigenvalue weighted by Gasteiger charge is -2.34. The lowest BCUT2D eigenvalue weighted by molar-refractivity contribution is 0.245. The molecule has 0 radical (unpaired) electrons. The van der Waals surface area contributed by atoms with Crippen molar-refractivity contribution in [2.75, 3.05) is 31.1 Å². The van der Waals surface area contributed by atoms with Gasteiger partial charge < -0.3 is 4.90 Å². The average molecular weight is 308 g/mol. The van der Waals surface area contributed by atoms with Gasteiger partial charge in [-0.1, -0.05) is 11.6 Å². The van der Waals surface area contributed by atoms with Crippen LogP contribution in [-0.4, -0.2) is 46.0 Å². The Kier molecular flexibility index (Phi) is 4.26. The molecule has 0 aliphatic carbocycles. The van der Waals surface area contributed by atoms with E-state index in [1.807, 2.05) is 0 Å². The first kappa shape index (κ1) is 14.2. The first-order chi connectivity index (χ1) is 10.2. The van der Waals surface area contributed by atoms with Crippen LogP contribution in [0.3, 0.4) is 0 Å². The van der Waals surface area contributed by atoms with Crippen LogP contribution < -0.4 is 4.90 Å². The van der Waals surface area contributed by atoms with Crippen molar-refractivity contribution in [1.29, 1.82) is 0 Å². The molecule has 1 aliphatic heterocycles. The van der Waals surface area contributed by atoms with E-state index in [2.05, 4.69) is 24.8 Å². The van der Waals surface area contributed by atoms with Gasteiger partial charge in [-0.3, -0.25) is 9.88 Å². The molecule has 0 bridgehead atoms. The molecule has 110 valence electrons. The Labute approximate surface area is 127 Å². The zero-order valence-corrected chi connectivity index (χ0v) is 12.2. The van der Waals surface area contributed by atoms with E-state index in [1.54, 1.807) is 24.7 Å². The Morgan fingerprint density at radius 1 is 1.10 bits per heavy atom. The van der Waals surface area contributed by atoms with E-state index in [4.69, 9.17) is 11.6 Å². The molecule has 7 heteroatoms. The van der Waals surface area contributed by atoms with Gasteiger partial charge in [-0.15, -0.1) is 0 Å². The molecule has 1 fully saturated rings. The van der Waals surface area contributed by atoms with Crippen molar-refractivity contribution >= 4 is 17.5 Å². The Morgan fingerprint density at radius 2 is 1.81 bits per heavy atom. The summed E-state index contributed by atoms with van der Waals surface area (Å²) in [7, 11) is 0. The van der Waals surface area contributed by atoms with Gasteiger partial charge in [-0.25, -0.2) is 14.4 Å². The fraction of sp³-hybridized carbons (Fsp3) is 0.357. The second-order valence-electron chi connectivity index (χ2n) is 4.93. The third-order valence-electron chi connectivity index (χ3n) is 3.51. The Balaban J connectivity index is 1.58. The molecular formula is C14H15ClFN5. The number of piperazine rings is 1. The molecular weight excluding hydrogens is 293 g/mol. The van der Waals surface area contributed by atoms with Crippen molar-refractivity contribution in [1.82, 2.24) is 19.9 Å². The van der Waals surface area contributed by atoms with Gasteiger partial charge in [-0.2, -0.15) is 0 Å². The molecule has 21 heavy (non-hydrogen) atoms. The van der Waals surface area contributed by atoms with Gasteiger partial charge in [0, 0.05) is 44.5 Å². The van der Waals surface area contributed by atoms with E-state index < -0.39 is 0 Å². The quantitative estimate of drug-likeness (QED) is 0.868. The monoisotopic (exact) mass is 307 g/mol. The summed E-state index contributed by atoms with van der Waals surface area (Å²) in [6.07, 6.45) is 6.08. The molecule has 0 atom stereocenters. The molecule has 0 saturated carbocycles. The van der Waals surface area contributed by atoms with Crippen molar-refractivity contribution < 1.29 is 4.39 Å². The van der Waals surface area contributed by atoms with Crippen LogP contribution in [0.1, 0.15) is 5.56 Å². The minimum atomic E-state index is -0.249. The highest BCUT2D eigenvalue weighted by atomic mass is 35.5. The number of pyridine rings is 1. The van der Waals surface area contributed by atoms with Gasteiger partial charge in [0.1, 0.15) is 5.82 Å². The summed E-state index contributed by atoms with van der Waals surface area (Å²) in [4.78, 5) is 16.5. The summed E-state index contributed by atoms with van der Waals surface area (Å²) >= 11 is 5.79. The smallest absolute Gasteiger partial charge is 0.225 e. The number of rotatable bonds is 3. The number of aromatic nitrogens is 3. The zero-order chi connectivity index (χ0) is 14.7. The van der Waals surface area contributed by atoms with Crippen molar-refractivity contribution in [2.24, 2.45) is 0 Å². The largest absolute Gasteiger partial charge is 0.338 e. The van der Waals surface area contributed by atoms with Crippen molar-refractivity contribution in [3.63, 3.8) is 0 Å². The first-order valence-corrected chi connectivity index (χ1v) is 7.13. The maximum Gasteiger partial charge on any atom is 0.225 e. The summed E-state index contributed by atoms with van der Waals surface area (Å²) in [6.45, 7) is 3.91. The van der Waals surface area contributed by atoms with Crippen LogP contribution in [-0.2, 0) is 6.54 Å². The van der Waals surface area contributed by atoms with E-state index in [9.17, 15) is 4.39 Å². The molecule has 0 aromatic carbocycles. The third kappa shape index (κ3) is 3.46. The van der Waals surface area contributed by atoms with Crippen LogP contribution in [0.15, 0.2) is 30.9 Å². The molecule has 3 heterocycles. The van der Waals surface area contributed by atoms with Crippen molar-refractivity contribution in [3.05, 3.63) is 47.3 Å². The topological polar surface area (TPSA) is 45.2 Å². The standard InChI is InChI=1S/C14H15ClFN5/c15-12-7-18-14(19-8-12)21-5-3-20(4-6-21)10-11-1-2-17-9-13(11)16/h1-2,7-9H,3-6,10H2. The highest BCUT2D eigenvalue weighted by molar-refractivity contribution is 6.30. The minimum Gasteiger partial charge on any atom is -0.338 e. The van der Waals surface area contributed by atoms with Crippen LogP contribution in [0.5, 0.6) is 0 Å². The van der Waals surface area contributed by atoms with E-state index in [0.717, 1.165) is 26.2 Å². The van der Waals surface area contributed by atoms with Crippen LogP contribution >= 0.6 is 11.6 Å². The lowest BCUT2D eigenvalue weighted by atomic mass is 10.2. The maximum atomic E-state index is 13.6. The molecule has 2 aromatic rings. The van der Waals surface area contributed by atoms with Crippen LogP contribution in [0, 0.1) is 5.82 Å². The van der Waals surface area contributed by atoms with Crippen molar-refractivity contribution in [2.45, 2.75) is 6.54 Å². The molecule has 1 aliphatic rings. The minimum absolute atomic E-state index is 0.249. The van der Waals surface area contributed by atoms with Gasteiger partial charge in [0.2, 0.25) is 5.95 Å². The number of halogens is 2. The second kappa shape index (κ2) is 6.32. The molecule has 0 amide bonds. The summed E-state index contributed by atoms with van der Waals surface area (Å²) in [5.74, 6) is 0.440. The molecule has 2 aromatic heterocycles. The Morgan fingerprint density at radius 3 is 2.48 bits per heavy atom. The number of hydrogen-bond donors (Lipinski definition) is 0. The lowest BCUT2D eigenvalue weighted by Crippen LogP contribution is -2.46. The second-order valence-corrected chi connectivity index (χ2v) is 5.37. The molecule has 0 N–H and O–H groups in total. The van der Waals surface area contributed by atoms with Crippen molar-refractivity contribution in [3.8, 4) is 0 Å².